The van der Waals surface area contributed by atoms with Crippen molar-refractivity contribution in [1.82, 2.24) is 10.2 Å². The molecule has 1 aromatic rings. The zero-order chi connectivity index (χ0) is 16.9. The van der Waals surface area contributed by atoms with Crippen LogP contribution in [0.2, 0.25) is 0 Å². The average Bonchev–Trinajstić information content (AvgIpc) is 2.52. The van der Waals surface area contributed by atoms with Crippen molar-refractivity contribution in [3.8, 4) is 0 Å². The van der Waals surface area contributed by atoms with Crippen molar-refractivity contribution in [3.05, 3.63) is 35.9 Å². The molecule has 1 N–H and O–H groups in total. The molecule has 1 amide bonds. The maximum atomic E-state index is 12.3. The summed E-state index contributed by atoms with van der Waals surface area (Å²) in [6, 6.07) is 8.38. The fraction of sp³-hybridized carbons (Fsp3) is 0.438. The Morgan fingerprint density at radius 1 is 1.27 bits per heavy atom. The van der Waals surface area contributed by atoms with Crippen molar-refractivity contribution in [1.29, 1.82) is 0 Å². The summed E-state index contributed by atoms with van der Waals surface area (Å²) in [5, 5.41) is 2.89. The molecule has 0 saturated carbocycles. The molecule has 5 nitrogen and oxygen atoms in total. The van der Waals surface area contributed by atoms with E-state index in [9.17, 15) is 9.59 Å². The molecule has 120 valence electrons. The van der Waals surface area contributed by atoms with Crippen LogP contribution in [0.4, 0.5) is 0 Å². The molecule has 0 aliphatic heterocycles. The third-order valence-corrected chi connectivity index (χ3v) is 4.24. The minimum atomic E-state index is -0.778. The van der Waals surface area contributed by atoms with Crippen LogP contribution in [0.3, 0.4) is 0 Å². The molecule has 0 bridgehead atoms. The fourth-order valence-electron chi connectivity index (χ4n) is 1.94. The molecule has 1 atom stereocenters. The molecule has 0 spiro atoms. The molecule has 1 rings (SSSR count). The molecule has 0 aromatic heterocycles. The quantitative estimate of drug-likeness (QED) is 0.664. The van der Waals surface area contributed by atoms with E-state index < -0.39 is 11.6 Å². The van der Waals surface area contributed by atoms with Crippen molar-refractivity contribution in [2.45, 2.75) is 32.4 Å². The Kier molecular flexibility index (Phi) is 6.05. The normalized spacial score (nSPS) is 12.2. The predicted molar refractivity (Wildman–Crippen MR) is 89.8 cm³/mol. The number of thiocarbonyl (C=S) groups is 1. The fourth-order valence-corrected chi connectivity index (χ4v) is 2.15. The van der Waals surface area contributed by atoms with Crippen molar-refractivity contribution in [2.24, 2.45) is 0 Å². The maximum absolute atomic E-state index is 12.3. The van der Waals surface area contributed by atoms with Crippen molar-refractivity contribution >= 4 is 29.1 Å². The van der Waals surface area contributed by atoms with Gasteiger partial charge in [0, 0.05) is 12.6 Å². The number of esters is 1. The zero-order valence-electron chi connectivity index (χ0n) is 13.5. The van der Waals surface area contributed by atoms with Crippen LogP contribution in [-0.4, -0.2) is 47.5 Å². The van der Waals surface area contributed by atoms with E-state index in [0.717, 1.165) is 0 Å². The minimum absolute atomic E-state index is 0.216. The first-order valence-electron chi connectivity index (χ1n) is 6.93. The molecule has 22 heavy (non-hydrogen) atoms. The van der Waals surface area contributed by atoms with E-state index in [4.69, 9.17) is 17.0 Å². The summed E-state index contributed by atoms with van der Waals surface area (Å²) in [4.78, 5) is 26.0. The van der Waals surface area contributed by atoms with E-state index in [2.05, 4.69) is 5.32 Å². The second-order valence-corrected chi connectivity index (χ2v) is 5.95. The number of rotatable bonds is 5. The van der Waals surface area contributed by atoms with Crippen molar-refractivity contribution in [3.63, 3.8) is 0 Å². The molecular formula is C16H22N2O3S. The highest BCUT2D eigenvalue weighted by atomic mass is 32.1. The summed E-state index contributed by atoms with van der Waals surface area (Å²) in [6.07, 6.45) is 0. The maximum Gasteiger partial charge on any atom is 0.328 e. The molecule has 0 saturated heterocycles. The zero-order valence-corrected chi connectivity index (χ0v) is 14.4. The highest BCUT2D eigenvalue weighted by molar-refractivity contribution is 7.80. The Morgan fingerprint density at radius 2 is 1.82 bits per heavy atom. The lowest BCUT2D eigenvalue weighted by Gasteiger charge is -2.35. The third-order valence-electron chi connectivity index (χ3n) is 3.44. The van der Waals surface area contributed by atoms with Gasteiger partial charge < -0.3 is 15.0 Å². The van der Waals surface area contributed by atoms with Gasteiger partial charge >= 0.3 is 5.97 Å². The number of amides is 1. The second-order valence-electron chi connectivity index (χ2n) is 5.56. The molecule has 0 aliphatic rings. The number of ether oxygens (including phenoxy) is 1. The number of hydrogen-bond donors (Lipinski definition) is 1. The van der Waals surface area contributed by atoms with Crippen molar-refractivity contribution < 1.29 is 14.3 Å². The number of nitrogens with one attached hydrogen (secondary N) is 1. The van der Waals surface area contributed by atoms with Gasteiger partial charge in [-0.15, -0.1) is 0 Å². The van der Waals surface area contributed by atoms with Crippen LogP contribution < -0.4 is 5.32 Å². The van der Waals surface area contributed by atoms with Gasteiger partial charge in [0.2, 0.25) is 0 Å². The highest BCUT2D eigenvalue weighted by Crippen LogP contribution is 2.14. The van der Waals surface area contributed by atoms with Crippen LogP contribution in [-0.2, 0) is 9.53 Å². The lowest BCUT2D eigenvalue weighted by atomic mass is 10.0. The lowest BCUT2D eigenvalue weighted by molar-refractivity contribution is -0.144. The lowest BCUT2D eigenvalue weighted by Crippen LogP contribution is -2.57. The molecule has 0 heterocycles. The third kappa shape index (κ3) is 4.27. The molecule has 0 radical (unpaired) electrons. The molecule has 1 aromatic carbocycles. The molecule has 0 unspecified atom stereocenters. The minimum Gasteiger partial charge on any atom is -0.467 e. The van der Waals surface area contributed by atoms with Crippen LogP contribution in [0.15, 0.2) is 30.3 Å². The SMILES string of the molecule is COC(=O)[C@@H](C)N(C)C(=S)C(C)(C)NC(=O)c1ccccc1. The number of carbonyl (C=O) groups is 2. The predicted octanol–water partition coefficient (Wildman–Crippen LogP) is 2.02. The van der Waals surface area contributed by atoms with Crippen LogP contribution in [0.1, 0.15) is 31.1 Å². The van der Waals surface area contributed by atoms with Gasteiger partial charge in [0.25, 0.3) is 5.91 Å². The van der Waals surface area contributed by atoms with E-state index in [-0.39, 0.29) is 11.9 Å². The van der Waals surface area contributed by atoms with Crippen molar-refractivity contribution in [2.75, 3.05) is 14.2 Å². The monoisotopic (exact) mass is 322 g/mol. The summed E-state index contributed by atoms with van der Waals surface area (Å²) < 4.78 is 4.72. The summed E-state index contributed by atoms with van der Waals surface area (Å²) >= 11 is 5.43. The van der Waals surface area contributed by atoms with Gasteiger partial charge in [-0.05, 0) is 32.9 Å². The van der Waals surface area contributed by atoms with E-state index in [1.54, 1.807) is 57.0 Å². The van der Waals surface area contributed by atoms with Gasteiger partial charge in [-0.25, -0.2) is 4.79 Å². The van der Waals surface area contributed by atoms with Gasteiger partial charge in [-0.1, -0.05) is 30.4 Å². The van der Waals surface area contributed by atoms with E-state index in [0.29, 0.717) is 10.6 Å². The van der Waals surface area contributed by atoms with E-state index in [1.807, 2.05) is 6.07 Å². The molecule has 0 fully saturated rings. The number of likely N-dealkylation sites (N-methyl/N-ethyl adjacent to an activating group) is 1. The van der Waals surface area contributed by atoms with Crippen LogP contribution in [0.5, 0.6) is 0 Å². The Labute approximate surface area is 136 Å². The van der Waals surface area contributed by atoms with Crippen LogP contribution >= 0.6 is 12.2 Å². The second kappa shape index (κ2) is 7.35. The van der Waals surface area contributed by atoms with Crippen LogP contribution in [0.25, 0.3) is 0 Å². The van der Waals surface area contributed by atoms with Gasteiger partial charge in [0.05, 0.1) is 12.6 Å². The Bertz CT molecular complexity index is 558. The summed E-state index contributed by atoms with van der Waals surface area (Å²) in [5.41, 5.74) is -0.221. The smallest absolute Gasteiger partial charge is 0.328 e. The number of nitrogens with zero attached hydrogens (tertiary/aromatic N) is 1. The van der Waals surface area contributed by atoms with Gasteiger partial charge in [-0.3, -0.25) is 4.79 Å². The number of carbonyl (C=O) groups excluding carboxylic acids is 2. The first kappa shape index (κ1) is 18.1. The summed E-state index contributed by atoms with van der Waals surface area (Å²) in [7, 11) is 3.04. The number of hydrogen-bond acceptors (Lipinski definition) is 4. The largest absolute Gasteiger partial charge is 0.467 e. The molecule has 6 heteroatoms. The Morgan fingerprint density at radius 3 is 2.32 bits per heavy atom. The first-order chi connectivity index (χ1) is 10.2. The Balaban J connectivity index is 2.82. The topological polar surface area (TPSA) is 58.6 Å². The van der Waals surface area contributed by atoms with Crippen LogP contribution in [0, 0.1) is 0 Å². The Hall–Kier alpha value is -1.95. The van der Waals surface area contributed by atoms with Gasteiger partial charge in [-0.2, -0.15) is 0 Å². The highest BCUT2D eigenvalue weighted by Gasteiger charge is 2.32. The standard InChI is InChI=1S/C16H22N2O3S/c1-11(14(20)21-5)18(4)15(22)16(2,3)17-13(19)12-9-7-6-8-10-12/h6-11H,1-5H3,(H,17,19)/t11-/m1/s1. The van der Waals surface area contributed by atoms with E-state index >= 15 is 0 Å². The van der Waals surface area contributed by atoms with Gasteiger partial charge in [0.1, 0.15) is 11.0 Å². The van der Waals surface area contributed by atoms with Gasteiger partial charge in [0.15, 0.2) is 0 Å². The number of methoxy groups -OCH3 is 1. The average molecular weight is 322 g/mol. The summed E-state index contributed by atoms with van der Waals surface area (Å²) in [6.45, 7) is 5.31. The molecular weight excluding hydrogens is 300 g/mol. The summed E-state index contributed by atoms with van der Waals surface area (Å²) in [5.74, 6) is -0.595. The van der Waals surface area contributed by atoms with E-state index in [1.165, 1.54) is 7.11 Å². The first-order valence-corrected chi connectivity index (χ1v) is 7.34. The molecule has 0 aliphatic carbocycles. The number of benzene rings is 1.